The van der Waals surface area contributed by atoms with Crippen LogP contribution in [-0.4, -0.2) is 41.8 Å². The van der Waals surface area contributed by atoms with E-state index in [2.05, 4.69) is 0 Å². The third-order valence-electron chi connectivity index (χ3n) is 3.92. The molecular formula is C16H21NO4. The first-order valence-electron chi connectivity index (χ1n) is 7.28. The number of aryl methyl sites for hydroxylation is 1. The molecule has 21 heavy (non-hydrogen) atoms. The SMILES string of the molecule is CCOC(=O)c1cc([C@H]2CCCN(C(=O)O)C2)ccc1C. The van der Waals surface area contributed by atoms with Crippen LogP contribution >= 0.6 is 0 Å². The average molecular weight is 291 g/mol. The molecule has 1 aromatic rings. The van der Waals surface area contributed by atoms with E-state index in [9.17, 15) is 9.59 Å². The molecule has 1 atom stereocenters. The Labute approximate surface area is 124 Å². The number of hydrogen-bond donors (Lipinski definition) is 1. The van der Waals surface area contributed by atoms with Gasteiger partial charge in [0.1, 0.15) is 0 Å². The maximum Gasteiger partial charge on any atom is 0.407 e. The molecule has 1 heterocycles. The molecule has 0 spiro atoms. The maximum absolute atomic E-state index is 11.9. The summed E-state index contributed by atoms with van der Waals surface area (Å²) in [6.07, 6.45) is 0.909. The second-order valence-electron chi connectivity index (χ2n) is 5.36. The molecule has 1 fully saturated rings. The monoisotopic (exact) mass is 291 g/mol. The van der Waals surface area contributed by atoms with E-state index in [-0.39, 0.29) is 11.9 Å². The molecule has 1 N–H and O–H groups in total. The largest absolute Gasteiger partial charge is 0.465 e. The summed E-state index contributed by atoms with van der Waals surface area (Å²) in [5.41, 5.74) is 2.46. The summed E-state index contributed by atoms with van der Waals surface area (Å²) in [7, 11) is 0. The molecule has 0 bridgehead atoms. The van der Waals surface area contributed by atoms with Crippen LogP contribution in [0.4, 0.5) is 4.79 Å². The van der Waals surface area contributed by atoms with Crippen LogP contribution < -0.4 is 0 Å². The number of carboxylic acid groups (broad SMARTS) is 1. The normalized spacial score (nSPS) is 18.4. The summed E-state index contributed by atoms with van der Waals surface area (Å²) >= 11 is 0. The van der Waals surface area contributed by atoms with Gasteiger partial charge in [-0.3, -0.25) is 0 Å². The Hall–Kier alpha value is -2.04. The Morgan fingerprint density at radius 2 is 2.19 bits per heavy atom. The van der Waals surface area contributed by atoms with Gasteiger partial charge in [-0.25, -0.2) is 9.59 Å². The first-order chi connectivity index (χ1) is 10.0. The number of amides is 1. The average Bonchev–Trinajstić information content (AvgIpc) is 2.48. The predicted molar refractivity (Wildman–Crippen MR) is 78.7 cm³/mol. The minimum Gasteiger partial charge on any atom is -0.465 e. The van der Waals surface area contributed by atoms with Crippen LogP contribution in [0.25, 0.3) is 0 Å². The van der Waals surface area contributed by atoms with Crippen molar-refractivity contribution in [2.24, 2.45) is 0 Å². The molecule has 0 aliphatic carbocycles. The molecule has 0 unspecified atom stereocenters. The highest BCUT2D eigenvalue weighted by atomic mass is 16.5. The van der Waals surface area contributed by atoms with Gasteiger partial charge in [0.15, 0.2) is 0 Å². The van der Waals surface area contributed by atoms with Gasteiger partial charge >= 0.3 is 12.1 Å². The van der Waals surface area contributed by atoms with E-state index in [1.807, 2.05) is 25.1 Å². The van der Waals surface area contributed by atoms with E-state index < -0.39 is 6.09 Å². The van der Waals surface area contributed by atoms with E-state index in [4.69, 9.17) is 9.84 Å². The van der Waals surface area contributed by atoms with Gasteiger partial charge < -0.3 is 14.7 Å². The Bertz CT molecular complexity index is 541. The van der Waals surface area contributed by atoms with Crippen LogP contribution in [-0.2, 0) is 4.74 Å². The van der Waals surface area contributed by atoms with Crippen molar-refractivity contribution in [1.82, 2.24) is 4.90 Å². The van der Waals surface area contributed by atoms with Crippen molar-refractivity contribution in [1.29, 1.82) is 0 Å². The van der Waals surface area contributed by atoms with Crippen molar-refractivity contribution in [3.05, 3.63) is 34.9 Å². The number of piperidine rings is 1. The first-order valence-corrected chi connectivity index (χ1v) is 7.28. The molecule has 1 aliphatic rings. The highest BCUT2D eigenvalue weighted by molar-refractivity contribution is 5.91. The summed E-state index contributed by atoms with van der Waals surface area (Å²) < 4.78 is 5.07. The van der Waals surface area contributed by atoms with Gasteiger partial charge in [0, 0.05) is 19.0 Å². The zero-order valence-electron chi connectivity index (χ0n) is 12.5. The summed E-state index contributed by atoms with van der Waals surface area (Å²) in [5.74, 6) is -0.175. The minimum absolute atomic E-state index is 0.142. The van der Waals surface area contributed by atoms with E-state index in [1.54, 1.807) is 6.92 Å². The molecule has 0 radical (unpaired) electrons. The summed E-state index contributed by atoms with van der Waals surface area (Å²) in [6, 6.07) is 5.73. The van der Waals surface area contributed by atoms with Crippen LogP contribution in [0.3, 0.4) is 0 Å². The third kappa shape index (κ3) is 3.54. The number of carbonyl (C=O) groups excluding carboxylic acids is 1. The molecule has 1 saturated heterocycles. The Morgan fingerprint density at radius 3 is 2.86 bits per heavy atom. The summed E-state index contributed by atoms with van der Waals surface area (Å²) in [6.45, 7) is 5.07. The van der Waals surface area contributed by atoms with Crippen molar-refractivity contribution >= 4 is 12.1 Å². The van der Waals surface area contributed by atoms with Crippen molar-refractivity contribution < 1.29 is 19.4 Å². The second kappa shape index (κ2) is 6.61. The van der Waals surface area contributed by atoms with Gasteiger partial charge in [-0.05, 0) is 43.9 Å². The highest BCUT2D eigenvalue weighted by Gasteiger charge is 2.25. The third-order valence-corrected chi connectivity index (χ3v) is 3.92. The zero-order chi connectivity index (χ0) is 15.4. The fourth-order valence-electron chi connectivity index (χ4n) is 2.75. The number of likely N-dealkylation sites (tertiary alicyclic amines) is 1. The van der Waals surface area contributed by atoms with Crippen molar-refractivity contribution in [2.75, 3.05) is 19.7 Å². The van der Waals surface area contributed by atoms with Gasteiger partial charge in [0.05, 0.1) is 12.2 Å². The van der Waals surface area contributed by atoms with Crippen molar-refractivity contribution in [3.63, 3.8) is 0 Å². The number of rotatable bonds is 3. The molecule has 5 nitrogen and oxygen atoms in total. The molecule has 2 rings (SSSR count). The van der Waals surface area contributed by atoms with E-state index in [0.29, 0.717) is 25.3 Å². The number of ether oxygens (including phenoxy) is 1. The molecule has 0 aromatic heterocycles. The van der Waals surface area contributed by atoms with Gasteiger partial charge in [-0.2, -0.15) is 0 Å². The lowest BCUT2D eigenvalue weighted by Crippen LogP contribution is -2.38. The Morgan fingerprint density at radius 1 is 1.43 bits per heavy atom. The lowest BCUT2D eigenvalue weighted by molar-refractivity contribution is 0.0525. The van der Waals surface area contributed by atoms with Gasteiger partial charge in [0.25, 0.3) is 0 Å². The summed E-state index contributed by atoms with van der Waals surface area (Å²) in [5, 5.41) is 9.11. The van der Waals surface area contributed by atoms with Gasteiger partial charge in [-0.1, -0.05) is 12.1 Å². The quantitative estimate of drug-likeness (QED) is 0.869. The topological polar surface area (TPSA) is 66.8 Å². The number of nitrogens with zero attached hydrogens (tertiary/aromatic N) is 1. The fraction of sp³-hybridized carbons (Fsp3) is 0.500. The van der Waals surface area contributed by atoms with Crippen molar-refractivity contribution in [3.8, 4) is 0 Å². The van der Waals surface area contributed by atoms with Gasteiger partial charge in [-0.15, -0.1) is 0 Å². The van der Waals surface area contributed by atoms with Crippen LogP contribution in [0, 0.1) is 6.92 Å². The Kier molecular flexibility index (Phi) is 4.83. The second-order valence-corrected chi connectivity index (χ2v) is 5.36. The van der Waals surface area contributed by atoms with E-state index in [1.165, 1.54) is 4.90 Å². The van der Waals surface area contributed by atoms with Crippen LogP contribution in [0.1, 0.15) is 47.2 Å². The number of carbonyl (C=O) groups is 2. The van der Waals surface area contributed by atoms with Gasteiger partial charge in [0.2, 0.25) is 0 Å². The molecule has 1 aromatic carbocycles. The van der Waals surface area contributed by atoms with E-state index >= 15 is 0 Å². The van der Waals surface area contributed by atoms with Crippen LogP contribution in [0.15, 0.2) is 18.2 Å². The summed E-state index contributed by atoms with van der Waals surface area (Å²) in [4.78, 5) is 24.5. The van der Waals surface area contributed by atoms with E-state index in [0.717, 1.165) is 24.0 Å². The predicted octanol–water partition coefficient (Wildman–Crippen LogP) is 3.03. The highest BCUT2D eigenvalue weighted by Crippen LogP contribution is 2.28. The number of esters is 1. The molecule has 114 valence electrons. The zero-order valence-corrected chi connectivity index (χ0v) is 12.5. The first kappa shape index (κ1) is 15.4. The molecule has 1 aliphatic heterocycles. The Balaban J connectivity index is 2.22. The maximum atomic E-state index is 11.9. The lowest BCUT2D eigenvalue weighted by atomic mass is 9.89. The standard InChI is InChI=1S/C16H21NO4/c1-3-21-15(18)14-9-12(7-6-11(14)2)13-5-4-8-17(10-13)16(19)20/h6-7,9,13H,3-5,8,10H2,1-2H3,(H,19,20)/t13-/m0/s1. The lowest BCUT2D eigenvalue weighted by Gasteiger charge is -2.31. The smallest absolute Gasteiger partial charge is 0.407 e. The van der Waals surface area contributed by atoms with Crippen LogP contribution in [0.5, 0.6) is 0 Å². The molecule has 5 heteroatoms. The van der Waals surface area contributed by atoms with Crippen LogP contribution in [0.2, 0.25) is 0 Å². The minimum atomic E-state index is -0.877. The molecular weight excluding hydrogens is 270 g/mol. The number of hydrogen-bond acceptors (Lipinski definition) is 3. The molecule has 1 amide bonds. The fourth-order valence-corrected chi connectivity index (χ4v) is 2.75. The van der Waals surface area contributed by atoms with Crippen molar-refractivity contribution in [2.45, 2.75) is 32.6 Å². The number of benzene rings is 1. The molecule has 0 saturated carbocycles.